The van der Waals surface area contributed by atoms with Crippen LogP contribution in [0.25, 0.3) is 0 Å². The molecule has 0 saturated heterocycles. The molecule has 0 heterocycles. The van der Waals surface area contributed by atoms with Crippen LogP contribution in [0, 0.1) is 0 Å². The summed E-state index contributed by atoms with van der Waals surface area (Å²) in [6.45, 7) is 0. The third kappa shape index (κ3) is 5.33. The molecule has 0 unspecified atom stereocenters. The molecule has 3 aromatic rings. The second-order valence-corrected chi connectivity index (χ2v) is 22.7. The van der Waals surface area contributed by atoms with Crippen molar-refractivity contribution in [3.05, 3.63) is 105 Å². The van der Waals surface area contributed by atoms with E-state index in [1.807, 2.05) is 54.6 Å². The summed E-state index contributed by atoms with van der Waals surface area (Å²) in [4.78, 5) is 0. The SMILES string of the molecule is Clc1ccccc1[CH2][Sn]([Cl])([CH2]c1ccccc1Cl)[CH2]c1ccccc1Cl. The van der Waals surface area contributed by atoms with Crippen molar-refractivity contribution in [1.82, 2.24) is 0 Å². The van der Waals surface area contributed by atoms with Gasteiger partial charge in [0.1, 0.15) is 0 Å². The van der Waals surface area contributed by atoms with Gasteiger partial charge in [-0.2, -0.15) is 0 Å². The molecule has 0 N–H and O–H groups in total. The van der Waals surface area contributed by atoms with Gasteiger partial charge >= 0.3 is 179 Å². The van der Waals surface area contributed by atoms with Crippen LogP contribution in [0.4, 0.5) is 0 Å². The molecule has 26 heavy (non-hydrogen) atoms. The van der Waals surface area contributed by atoms with Crippen molar-refractivity contribution in [1.29, 1.82) is 0 Å². The van der Waals surface area contributed by atoms with Crippen LogP contribution >= 0.6 is 43.7 Å². The summed E-state index contributed by atoms with van der Waals surface area (Å²) in [7, 11) is 7.39. The molecule has 5 heteroatoms. The van der Waals surface area contributed by atoms with Gasteiger partial charge in [0.25, 0.3) is 0 Å². The molecule has 0 aliphatic rings. The van der Waals surface area contributed by atoms with Crippen LogP contribution in [0.5, 0.6) is 0 Å². The van der Waals surface area contributed by atoms with Crippen molar-refractivity contribution in [3.8, 4) is 0 Å². The van der Waals surface area contributed by atoms with Crippen LogP contribution in [0.1, 0.15) is 16.7 Å². The Morgan fingerprint density at radius 2 is 0.769 bits per heavy atom. The molecule has 3 aromatic carbocycles. The molecule has 0 nitrogen and oxygen atoms in total. The Kier molecular flexibility index (Phi) is 7.21. The van der Waals surface area contributed by atoms with Crippen LogP contribution in [-0.4, -0.2) is 17.3 Å². The van der Waals surface area contributed by atoms with Gasteiger partial charge in [0.05, 0.1) is 0 Å². The zero-order chi connectivity index (χ0) is 18.6. The fourth-order valence-electron chi connectivity index (χ4n) is 3.14. The third-order valence-corrected chi connectivity index (χ3v) is 16.9. The van der Waals surface area contributed by atoms with Gasteiger partial charge in [-0.15, -0.1) is 0 Å². The average molecular weight is 531 g/mol. The summed E-state index contributed by atoms with van der Waals surface area (Å²) < 4.78 is 2.48. The molecular weight excluding hydrogens is 513 g/mol. The van der Waals surface area contributed by atoms with Gasteiger partial charge in [0, 0.05) is 0 Å². The van der Waals surface area contributed by atoms with Crippen LogP contribution in [-0.2, 0) is 13.3 Å². The number of rotatable bonds is 6. The fourth-order valence-corrected chi connectivity index (χ4v) is 17.2. The minimum absolute atomic E-state index is 0.771. The first kappa shape index (κ1) is 20.4. The Morgan fingerprint density at radius 1 is 0.500 bits per heavy atom. The Labute approximate surface area is 177 Å². The van der Waals surface area contributed by atoms with Crippen molar-refractivity contribution >= 4 is 61.0 Å². The molecule has 0 bridgehead atoms. The Morgan fingerprint density at radius 3 is 1.04 bits per heavy atom. The van der Waals surface area contributed by atoms with E-state index in [9.17, 15) is 0 Å². The summed E-state index contributed by atoms with van der Waals surface area (Å²) in [5.41, 5.74) is 3.33. The zero-order valence-corrected chi connectivity index (χ0v) is 19.9. The van der Waals surface area contributed by atoms with Crippen LogP contribution in [0.3, 0.4) is 0 Å². The Balaban J connectivity index is 1.96. The van der Waals surface area contributed by atoms with E-state index in [1.165, 1.54) is 0 Å². The maximum atomic E-state index is 7.39. The van der Waals surface area contributed by atoms with Crippen molar-refractivity contribution in [2.45, 2.75) is 13.3 Å². The van der Waals surface area contributed by atoms with E-state index in [2.05, 4.69) is 18.2 Å². The number of benzene rings is 3. The predicted octanol–water partition coefficient (Wildman–Crippen LogP) is 7.48. The van der Waals surface area contributed by atoms with E-state index in [0.717, 1.165) is 45.1 Å². The van der Waals surface area contributed by atoms with Gasteiger partial charge in [0.2, 0.25) is 0 Å². The first-order valence-electron chi connectivity index (χ1n) is 8.36. The molecule has 0 saturated carbocycles. The van der Waals surface area contributed by atoms with E-state index in [0.29, 0.717) is 0 Å². The van der Waals surface area contributed by atoms with Crippen LogP contribution in [0.15, 0.2) is 72.8 Å². The second-order valence-electron chi connectivity index (χ2n) is 6.46. The van der Waals surface area contributed by atoms with E-state index in [4.69, 9.17) is 43.7 Å². The van der Waals surface area contributed by atoms with Gasteiger partial charge in [-0.25, -0.2) is 0 Å². The summed E-state index contributed by atoms with van der Waals surface area (Å²) in [5.74, 6) is 0. The van der Waals surface area contributed by atoms with Crippen molar-refractivity contribution < 1.29 is 0 Å². The molecule has 3 rings (SSSR count). The maximum absolute atomic E-state index is 7.39. The molecule has 134 valence electrons. The fraction of sp³-hybridized carbons (Fsp3) is 0.143. The Bertz CT molecular complexity index is 779. The molecule has 0 spiro atoms. The molecule has 0 aliphatic carbocycles. The second kappa shape index (κ2) is 9.21. The van der Waals surface area contributed by atoms with Crippen molar-refractivity contribution in [2.75, 3.05) is 0 Å². The first-order valence-corrected chi connectivity index (χ1v) is 19.2. The van der Waals surface area contributed by atoms with E-state index in [-0.39, 0.29) is 0 Å². The molecule has 0 aromatic heterocycles. The van der Waals surface area contributed by atoms with Gasteiger partial charge in [0.15, 0.2) is 0 Å². The van der Waals surface area contributed by atoms with Crippen molar-refractivity contribution in [2.24, 2.45) is 0 Å². The molecule has 0 radical (unpaired) electrons. The molecular formula is C21H18Cl4Sn. The average Bonchev–Trinajstić information content (AvgIpc) is 2.61. The van der Waals surface area contributed by atoms with Gasteiger partial charge in [-0.1, -0.05) is 0 Å². The van der Waals surface area contributed by atoms with Gasteiger partial charge in [-0.05, 0) is 0 Å². The topological polar surface area (TPSA) is 0 Å². The van der Waals surface area contributed by atoms with Gasteiger partial charge in [-0.3, -0.25) is 0 Å². The van der Waals surface area contributed by atoms with E-state index < -0.39 is 17.3 Å². The summed E-state index contributed by atoms with van der Waals surface area (Å²) >= 11 is 16.0. The van der Waals surface area contributed by atoms with Crippen molar-refractivity contribution in [3.63, 3.8) is 0 Å². The van der Waals surface area contributed by atoms with E-state index in [1.54, 1.807) is 0 Å². The van der Waals surface area contributed by atoms with Crippen LogP contribution < -0.4 is 0 Å². The molecule has 0 aliphatic heterocycles. The Hall–Kier alpha value is -0.381. The van der Waals surface area contributed by atoms with Gasteiger partial charge < -0.3 is 0 Å². The standard InChI is InChI=1S/3C7H6Cl.ClH.Sn/c3*1-6-4-2-3-5-7(6)8;;/h3*2-5H,1H2;1H;/q;;;;+1/p-1. The summed E-state index contributed by atoms with van der Waals surface area (Å²) in [6, 6.07) is 23.8. The monoisotopic (exact) mass is 530 g/mol. The molecule has 0 amide bonds. The summed E-state index contributed by atoms with van der Waals surface area (Å²) in [5, 5.41) is 2.31. The van der Waals surface area contributed by atoms with Crippen LogP contribution in [0.2, 0.25) is 15.1 Å². The number of hydrogen-bond donors (Lipinski definition) is 0. The van der Waals surface area contributed by atoms with E-state index >= 15 is 0 Å². The third-order valence-electron chi connectivity index (χ3n) is 4.40. The number of halogens is 4. The number of hydrogen-bond acceptors (Lipinski definition) is 0. The molecule has 0 atom stereocenters. The normalized spacial score (nSPS) is 11.5. The summed E-state index contributed by atoms with van der Waals surface area (Å²) in [6.07, 6.45) is 0. The molecule has 0 fully saturated rings. The quantitative estimate of drug-likeness (QED) is 0.290. The predicted molar refractivity (Wildman–Crippen MR) is 117 cm³/mol. The minimum atomic E-state index is -3.24. The zero-order valence-electron chi connectivity index (χ0n) is 14.1. The first-order chi connectivity index (χ1) is 12.5.